The first-order valence-corrected chi connectivity index (χ1v) is 5.03. The summed E-state index contributed by atoms with van der Waals surface area (Å²) in [6.07, 6.45) is 2.89. The zero-order valence-electron chi connectivity index (χ0n) is 8.21. The van der Waals surface area contributed by atoms with E-state index in [1.54, 1.807) is 0 Å². The van der Waals surface area contributed by atoms with Crippen LogP contribution in [0.3, 0.4) is 0 Å². The van der Waals surface area contributed by atoms with Gasteiger partial charge in [-0.05, 0) is 30.9 Å². The van der Waals surface area contributed by atoms with Crippen molar-refractivity contribution < 1.29 is 13.9 Å². The van der Waals surface area contributed by atoms with Crippen LogP contribution in [0.2, 0.25) is 0 Å². The fourth-order valence-electron chi connectivity index (χ4n) is 1.91. The number of nitrogens with two attached hydrogens (primary N) is 1. The Labute approximate surface area is 86.7 Å². The number of phenols is 1. The summed E-state index contributed by atoms with van der Waals surface area (Å²) in [5.74, 6) is -1.93. The number of halogens is 2. The van der Waals surface area contributed by atoms with E-state index in [1.165, 1.54) is 0 Å². The monoisotopic (exact) mass is 213 g/mol. The smallest absolute Gasteiger partial charge is 0.165 e. The highest BCUT2D eigenvalue weighted by molar-refractivity contribution is 5.37. The van der Waals surface area contributed by atoms with E-state index in [2.05, 4.69) is 0 Å². The molecule has 1 aliphatic rings. The highest BCUT2D eigenvalue weighted by Gasteiger charge is 2.30. The molecule has 0 saturated heterocycles. The van der Waals surface area contributed by atoms with Crippen molar-refractivity contribution in [3.8, 4) is 5.75 Å². The third kappa shape index (κ3) is 1.69. The number of aromatic hydroxyl groups is 1. The number of phenolic OH excluding ortho intramolecular Hbond substituents is 1. The van der Waals surface area contributed by atoms with Crippen molar-refractivity contribution in [1.29, 1.82) is 0 Å². The average molecular weight is 213 g/mol. The first kappa shape index (κ1) is 10.4. The van der Waals surface area contributed by atoms with Gasteiger partial charge in [-0.1, -0.05) is 6.42 Å². The Morgan fingerprint density at radius 1 is 1.27 bits per heavy atom. The molecule has 1 fully saturated rings. The summed E-state index contributed by atoms with van der Waals surface area (Å²) < 4.78 is 26.4. The van der Waals surface area contributed by atoms with Crippen LogP contribution >= 0.6 is 0 Å². The first-order chi connectivity index (χ1) is 7.11. The molecule has 82 valence electrons. The number of rotatable bonds is 2. The first-order valence-electron chi connectivity index (χ1n) is 5.03. The van der Waals surface area contributed by atoms with Gasteiger partial charge < -0.3 is 10.8 Å². The maximum absolute atomic E-state index is 13.4. The molecule has 1 saturated carbocycles. The predicted octanol–water partition coefficient (Wildman–Crippen LogP) is 2.47. The highest BCUT2D eigenvalue weighted by atomic mass is 19.1. The van der Waals surface area contributed by atoms with Crippen molar-refractivity contribution in [2.24, 2.45) is 11.7 Å². The standard InChI is InChI=1S/C11H13F2NO/c12-7-4-5-8(13)11(15)9(7)10(14)6-2-1-3-6/h4-6,10,15H,1-3,14H2/t10-/m0/s1. The van der Waals surface area contributed by atoms with Crippen LogP contribution in [0, 0.1) is 17.6 Å². The fourth-order valence-corrected chi connectivity index (χ4v) is 1.91. The lowest BCUT2D eigenvalue weighted by Gasteiger charge is -2.31. The van der Waals surface area contributed by atoms with E-state index in [-0.39, 0.29) is 11.5 Å². The van der Waals surface area contributed by atoms with Gasteiger partial charge in [-0.2, -0.15) is 0 Å². The van der Waals surface area contributed by atoms with Crippen molar-refractivity contribution in [2.45, 2.75) is 25.3 Å². The third-order valence-electron chi connectivity index (χ3n) is 3.11. The lowest BCUT2D eigenvalue weighted by Crippen LogP contribution is -2.27. The van der Waals surface area contributed by atoms with Crippen LogP contribution in [0.15, 0.2) is 12.1 Å². The quantitative estimate of drug-likeness (QED) is 0.792. The Balaban J connectivity index is 2.36. The zero-order valence-corrected chi connectivity index (χ0v) is 8.21. The second kappa shape index (κ2) is 3.77. The zero-order chi connectivity index (χ0) is 11.0. The lowest BCUT2D eigenvalue weighted by atomic mass is 9.77. The maximum Gasteiger partial charge on any atom is 0.165 e. The van der Waals surface area contributed by atoms with Gasteiger partial charge in [0.2, 0.25) is 0 Å². The van der Waals surface area contributed by atoms with Gasteiger partial charge >= 0.3 is 0 Å². The van der Waals surface area contributed by atoms with Crippen LogP contribution in [0.25, 0.3) is 0 Å². The van der Waals surface area contributed by atoms with E-state index < -0.39 is 23.4 Å². The topological polar surface area (TPSA) is 46.2 Å². The minimum atomic E-state index is -0.818. The molecule has 2 nitrogen and oxygen atoms in total. The summed E-state index contributed by atoms with van der Waals surface area (Å²) in [5, 5.41) is 9.42. The minimum Gasteiger partial charge on any atom is -0.505 e. The van der Waals surface area contributed by atoms with Crippen molar-refractivity contribution in [1.82, 2.24) is 0 Å². The van der Waals surface area contributed by atoms with Crippen molar-refractivity contribution in [2.75, 3.05) is 0 Å². The Hall–Kier alpha value is -1.16. The van der Waals surface area contributed by atoms with Gasteiger partial charge in [0.1, 0.15) is 5.82 Å². The Morgan fingerprint density at radius 3 is 2.40 bits per heavy atom. The molecule has 3 N–H and O–H groups in total. The van der Waals surface area contributed by atoms with E-state index >= 15 is 0 Å². The average Bonchev–Trinajstić information content (AvgIpc) is 2.09. The number of hydrogen-bond acceptors (Lipinski definition) is 2. The molecule has 2 rings (SSSR count). The summed E-state index contributed by atoms with van der Waals surface area (Å²) in [4.78, 5) is 0. The normalized spacial score (nSPS) is 18.6. The summed E-state index contributed by atoms with van der Waals surface area (Å²) in [6.45, 7) is 0. The molecule has 1 aromatic carbocycles. The van der Waals surface area contributed by atoms with E-state index in [9.17, 15) is 13.9 Å². The van der Waals surface area contributed by atoms with Crippen molar-refractivity contribution >= 4 is 0 Å². The molecule has 15 heavy (non-hydrogen) atoms. The van der Waals surface area contributed by atoms with Crippen LogP contribution in [-0.2, 0) is 0 Å². The van der Waals surface area contributed by atoms with E-state index in [4.69, 9.17) is 5.73 Å². The number of hydrogen-bond donors (Lipinski definition) is 2. The second-order valence-electron chi connectivity index (χ2n) is 4.01. The van der Waals surface area contributed by atoms with Gasteiger partial charge in [-0.15, -0.1) is 0 Å². The fraction of sp³-hybridized carbons (Fsp3) is 0.455. The third-order valence-corrected chi connectivity index (χ3v) is 3.11. The minimum absolute atomic E-state index is 0.0836. The highest BCUT2D eigenvalue weighted by Crippen LogP contribution is 2.40. The summed E-state index contributed by atoms with van der Waals surface area (Å²) in [7, 11) is 0. The molecular formula is C11H13F2NO. The van der Waals surface area contributed by atoms with Gasteiger partial charge in [-0.3, -0.25) is 0 Å². The summed E-state index contributed by atoms with van der Waals surface area (Å²) in [5.41, 5.74) is 5.72. The van der Waals surface area contributed by atoms with Gasteiger partial charge in [0.25, 0.3) is 0 Å². The van der Waals surface area contributed by atoms with E-state index in [0.29, 0.717) is 0 Å². The molecule has 1 aliphatic carbocycles. The molecule has 0 bridgehead atoms. The maximum atomic E-state index is 13.4. The molecule has 0 heterocycles. The summed E-state index contributed by atoms with van der Waals surface area (Å²) in [6, 6.07) is 1.30. The van der Waals surface area contributed by atoms with E-state index in [1.807, 2.05) is 0 Å². The number of benzene rings is 1. The molecule has 0 amide bonds. The molecule has 0 aliphatic heterocycles. The van der Waals surface area contributed by atoms with Crippen LogP contribution in [0.4, 0.5) is 8.78 Å². The SMILES string of the molecule is N[C@H](c1c(F)ccc(F)c1O)C1CCC1. The molecule has 0 spiro atoms. The van der Waals surface area contributed by atoms with E-state index in [0.717, 1.165) is 31.4 Å². The molecule has 0 radical (unpaired) electrons. The largest absolute Gasteiger partial charge is 0.505 e. The van der Waals surface area contributed by atoms with Gasteiger partial charge in [-0.25, -0.2) is 8.78 Å². The molecule has 1 aromatic rings. The van der Waals surface area contributed by atoms with Crippen LogP contribution in [0.5, 0.6) is 5.75 Å². The van der Waals surface area contributed by atoms with Crippen LogP contribution in [-0.4, -0.2) is 5.11 Å². The Bertz CT molecular complexity index is 377. The molecule has 1 atom stereocenters. The lowest BCUT2D eigenvalue weighted by molar-refractivity contribution is 0.254. The molecule has 4 heteroatoms. The Kier molecular flexibility index (Phi) is 2.61. The Morgan fingerprint density at radius 2 is 1.87 bits per heavy atom. The molecule has 0 aromatic heterocycles. The summed E-state index contributed by atoms with van der Waals surface area (Å²) >= 11 is 0. The second-order valence-corrected chi connectivity index (χ2v) is 4.01. The van der Waals surface area contributed by atoms with Gasteiger partial charge in [0, 0.05) is 11.6 Å². The van der Waals surface area contributed by atoms with Crippen LogP contribution in [0.1, 0.15) is 30.9 Å². The van der Waals surface area contributed by atoms with Gasteiger partial charge in [0.15, 0.2) is 11.6 Å². The molecule has 0 unspecified atom stereocenters. The van der Waals surface area contributed by atoms with Crippen molar-refractivity contribution in [3.05, 3.63) is 29.3 Å². The molecular weight excluding hydrogens is 200 g/mol. The van der Waals surface area contributed by atoms with Crippen molar-refractivity contribution in [3.63, 3.8) is 0 Å². The van der Waals surface area contributed by atoms with Gasteiger partial charge in [0.05, 0.1) is 0 Å². The predicted molar refractivity (Wildman–Crippen MR) is 52.3 cm³/mol. The van der Waals surface area contributed by atoms with Crippen LogP contribution < -0.4 is 5.73 Å².